The van der Waals surface area contributed by atoms with Gasteiger partial charge in [-0.05, 0) is 0 Å². The van der Waals surface area contributed by atoms with Crippen LogP contribution < -0.4 is 0 Å². The summed E-state index contributed by atoms with van der Waals surface area (Å²) >= 11 is -1.70. The maximum absolute atomic E-state index is 9.79. The van der Waals surface area contributed by atoms with Crippen LogP contribution >= 0.6 is 0 Å². The Hall–Kier alpha value is 0.759. The van der Waals surface area contributed by atoms with Gasteiger partial charge in [0.15, 0.2) is 0 Å². The third-order valence-corrected chi connectivity index (χ3v) is 12.2. The molecule has 0 heterocycles. The SMILES string of the molecule is [CH3][Sn]([CH3])([CH3])[C@@H]1[C@H]2CC[C@@H]1[C@H](O)C2. The molecule has 1 N–H and O–H groups in total. The predicted octanol–water partition coefficient (Wildman–Crippen LogP) is 2.49. The Morgan fingerprint density at radius 2 is 1.83 bits per heavy atom. The van der Waals surface area contributed by atoms with E-state index < -0.39 is 18.4 Å². The standard InChI is InChI=1S/C7H11O.3CH3.Sn/c8-7-4-5-1-2-6(7)3-5;;;;/h3,5-8H,1-2,4H2;3*1H3;/t5-,6+,7-;;;;/m1..../s1. The molecule has 0 unspecified atom stereocenters. The van der Waals surface area contributed by atoms with Gasteiger partial charge in [0.25, 0.3) is 0 Å². The second kappa shape index (κ2) is 2.87. The van der Waals surface area contributed by atoms with Crippen molar-refractivity contribution in [3.63, 3.8) is 0 Å². The summed E-state index contributed by atoms with van der Waals surface area (Å²) in [4.78, 5) is 7.59. The van der Waals surface area contributed by atoms with Gasteiger partial charge >= 0.3 is 79.4 Å². The fourth-order valence-corrected chi connectivity index (χ4v) is 13.3. The van der Waals surface area contributed by atoms with Crippen LogP contribution in [0.15, 0.2) is 0 Å². The Kier molecular flexibility index (Phi) is 2.23. The molecule has 1 nitrogen and oxygen atoms in total. The molecule has 0 aromatic carbocycles. The van der Waals surface area contributed by atoms with E-state index in [9.17, 15) is 5.11 Å². The summed E-state index contributed by atoms with van der Waals surface area (Å²) in [6.45, 7) is 0. The van der Waals surface area contributed by atoms with Crippen molar-refractivity contribution in [3.8, 4) is 0 Å². The minimum absolute atomic E-state index is 0.0738. The number of fused-ring (bicyclic) bond motifs is 2. The van der Waals surface area contributed by atoms with Gasteiger partial charge in [0, 0.05) is 0 Å². The molecule has 0 amide bonds. The number of hydrogen-bond donors (Lipinski definition) is 1. The zero-order valence-corrected chi connectivity index (χ0v) is 11.2. The van der Waals surface area contributed by atoms with E-state index >= 15 is 0 Å². The molecule has 0 spiro atoms. The summed E-state index contributed by atoms with van der Waals surface area (Å²) < 4.78 is 0.995. The summed E-state index contributed by atoms with van der Waals surface area (Å²) in [5, 5.41) is 9.79. The van der Waals surface area contributed by atoms with Crippen LogP contribution in [0.3, 0.4) is 0 Å². The number of aliphatic hydroxyl groups excluding tert-OH is 1. The molecule has 2 aliphatic rings. The average molecular weight is 275 g/mol. The molecule has 70 valence electrons. The third-order valence-electron chi connectivity index (χ3n) is 3.88. The Bertz CT molecular complexity index is 185. The first-order chi connectivity index (χ1) is 5.50. The number of aliphatic hydroxyl groups is 1. The van der Waals surface area contributed by atoms with Crippen LogP contribution in [-0.4, -0.2) is 29.6 Å². The number of rotatable bonds is 1. The van der Waals surface area contributed by atoms with Gasteiger partial charge in [-0.25, -0.2) is 0 Å². The molecule has 2 aliphatic carbocycles. The van der Waals surface area contributed by atoms with Gasteiger partial charge in [0.2, 0.25) is 0 Å². The molecule has 2 bridgehead atoms. The van der Waals surface area contributed by atoms with E-state index in [4.69, 9.17) is 0 Å². The van der Waals surface area contributed by atoms with Crippen molar-refractivity contribution < 1.29 is 5.11 Å². The van der Waals surface area contributed by atoms with Gasteiger partial charge in [-0.2, -0.15) is 0 Å². The maximum atomic E-state index is 9.79. The Labute approximate surface area is 79.4 Å². The van der Waals surface area contributed by atoms with E-state index in [1.54, 1.807) is 0 Å². The van der Waals surface area contributed by atoms with Crippen LogP contribution in [0, 0.1) is 11.8 Å². The molecule has 2 saturated carbocycles. The molecule has 2 fully saturated rings. The van der Waals surface area contributed by atoms with Gasteiger partial charge in [-0.15, -0.1) is 0 Å². The van der Waals surface area contributed by atoms with Crippen LogP contribution in [0.5, 0.6) is 0 Å². The predicted molar refractivity (Wildman–Crippen MR) is 53.9 cm³/mol. The van der Waals surface area contributed by atoms with E-state index in [-0.39, 0.29) is 6.10 Å². The minimum atomic E-state index is -1.70. The fraction of sp³-hybridized carbons (Fsp3) is 1.00. The van der Waals surface area contributed by atoms with Crippen LogP contribution in [-0.2, 0) is 0 Å². The van der Waals surface area contributed by atoms with Crippen LogP contribution in [0.4, 0.5) is 0 Å². The van der Waals surface area contributed by atoms with Gasteiger partial charge in [-0.1, -0.05) is 0 Å². The van der Waals surface area contributed by atoms with E-state index in [1.165, 1.54) is 12.8 Å². The van der Waals surface area contributed by atoms with Crippen molar-refractivity contribution in [1.29, 1.82) is 0 Å². The van der Waals surface area contributed by atoms with E-state index in [2.05, 4.69) is 14.8 Å². The first-order valence-corrected chi connectivity index (χ1v) is 15.4. The molecule has 12 heavy (non-hydrogen) atoms. The van der Waals surface area contributed by atoms with Crippen LogP contribution in [0.25, 0.3) is 0 Å². The summed E-state index contributed by atoms with van der Waals surface area (Å²) in [7, 11) is 0. The first-order valence-electron chi connectivity index (χ1n) is 5.18. The molecular formula is C10H20OSn. The Balaban J connectivity index is 2.19. The Morgan fingerprint density at radius 3 is 2.08 bits per heavy atom. The molecule has 0 saturated heterocycles. The quantitative estimate of drug-likeness (QED) is 0.729. The zero-order valence-electron chi connectivity index (χ0n) is 8.38. The molecule has 0 aromatic rings. The van der Waals surface area contributed by atoms with Crippen molar-refractivity contribution >= 4 is 18.4 Å². The monoisotopic (exact) mass is 276 g/mol. The second-order valence-corrected chi connectivity index (χ2v) is 21.1. The molecule has 4 atom stereocenters. The van der Waals surface area contributed by atoms with Crippen molar-refractivity contribution in [2.24, 2.45) is 11.8 Å². The van der Waals surface area contributed by atoms with Gasteiger partial charge < -0.3 is 0 Å². The molecule has 2 heteroatoms. The summed E-state index contributed by atoms with van der Waals surface area (Å²) in [6.07, 6.45) is 3.94. The molecule has 2 rings (SSSR count). The van der Waals surface area contributed by atoms with E-state index in [0.29, 0.717) is 5.92 Å². The van der Waals surface area contributed by atoms with Crippen molar-refractivity contribution in [2.75, 3.05) is 0 Å². The van der Waals surface area contributed by atoms with Gasteiger partial charge in [0.05, 0.1) is 0 Å². The first kappa shape index (κ1) is 9.32. The second-order valence-electron chi connectivity index (χ2n) is 5.70. The molecule has 0 radical (unpaired) electrons. The zero-order chi connectivity index (χ0) is 8.93. The van der Waals surface area contributed by atoms with Crippen molar-refractivity contribution in [3.05, 3.63) is 0 Å². The van der Waals surface area contributed by atoms with Crippen LogP contribution in [0.2, 0.25) is 18.8 Å². The molecule has 0 aromatic heterocycles. The summed E-state index contributed by atoms with van der Waals surface area (Å²) in [5.41, 5.74) is 0. The topological polar surface area (TPSA) is 20.2 Å². The van der Waals surface area contributed by atoms with Gasteiger partial charge in [0.1, 0.15) is 0 Å². The third kappa shape index (κ3) is 1.33. The Morgan fingerprint density at radius 1 is 1.17 bits per heavy atom. The fourth-order valence-electron chi connectivity index (χ4n) is 3.65. The molecular weight excluding hydrogens is 255 g/mol. The van der Waals surface area contributed by atoms with Crippen molar-refractivity contribution in [2.45, 2.75) is 44.1 Å². The van der Waals surface area contributed by atoms with Crippen molar-refractivity contribution in [1.82, 2.24) is 0 Å². The van der Waals surface area contributed by atoms with E-state index in [1.807, 2.05) is 0 Å². The van der Waals surface area contributed by atoms with Crippen LogP contribution in [0.1, 0.15) is 19.3 Å². The molecule has 0 aliphatic heterocycles. The summed E-state index contributed by atoms with van der Waals surface area (Å²) in [6, 6.07) is 0. The summed E-state index contributed by atoms with van der Waals surface area (Å²) in [5.74, 6) is 1.63. The van der Waals surface area contributed by atoms with Gasteiger partial charge in [-0.3, -0.25) is 0 Å². The van der Waals surface area contributed by atoms with E-state index in [0.717, 1.165) is 16.3 Å². The average Bonchev–Trinajstić information content (AvgIpc) is 2.39. The normalized spacial score (nSPS) is 47.0. The number of hydrogen-bond acceptors (Lipinski definition) is 1.